The first-order valence-electron chi connectivity index (χ1n) is 8.41. The van der Waals surface area contributed by atoms with Gasteiger partial charge in [-0.15, -0.1) is 10.2 Å². The van der Waals surface area contributed by atoms with Gasteiger partial charge in [0.05, 0.1) is 0 Å². The summed E-state index contributed by atoms with van der Waals surface area (Å²) in [5, 5.41) is 14.9. The van der Waals surface area contributed by atoms with E-state index < -0.39 is 0 Å². The molecule has 1 aromatic heterocycles. The Kier molecular flexibility index (Phi) is 6.84. The van der Waals surface area contributed by atoms with Gasteiger partial charge in [0.25, 0.3) is 0 Å². The fourth-order valence-electron chi connectivity index (χ4n) is 2.42. The molecule has 0 bridgehead atoms. The number of hydrogen-bond acceptors (Lipinski definition) is 4. The predicted molar refractivity (Wildman–Crippen MR) is 89.6 cm³/mol. The summed E-state index contributed by atoms with van der Waals surface area (Å²) in [4.78, 5) is 13.3. The van der Waals surface area contributed by atoms with Crippen LogP contribution in [-0.4, -0.2) is 32.2 Å². The van der Waals surface area contributed by atoms with Gasteiger partial charge in [-0.2, -0.15) is 4.80 Å². The fourth-order valence-corrected chi connectivity index (χ4v) is 2.42. The molecule has 1 atom stereocenters. The standard InChI is InChI=1S/C17H24FN5O/c1-3-4-5-6-7-13(2)19-16(24)12-23-21-17(20-22-23)14-8-10-15(18)11-9-14/h8-11,13H,3-7,12H2,1-2H3,(H,19,24)/t13-/m1/s1. The van der Waals surface area contributed by atoms with Gasteiger partial charge in [0.1, 0.15) is 12.4 Å². The number of nitrogens with one attached hydrogen (secondary N) is 1. The number of benzene rings is 1. The van der Waals surface area contributed by atoms with E-state index in [1.165, 1.54) is 36.2 Å². The Morgan fingerprint density at radius 2 is 2.00 bits per heavy atom. The number of tetrazole rings is 1. The summed E-state index contributed by atoms with van der Waals surface area (Å²) in [6.07, 6.45) is 5.72. The predicted octanol–water partition coefficient (Wildman–Crippen LogP) is 2.95. The first-order chi connectivity index (χ1) is 11.6. The first kappa shape index (κ1) is 18.0. The van der Waals surface area contributed by atoms with Gasteiger partial charge in [-0.25, -0.2) is 4.39 Å². The van der Waals surface area contributed by atoms with Crippen LogP contribution in [0, 0.1) is 5.82 Å². The normalized spacial score (nSPS) is 12.1. The van der Waals surface area contributed by atoms with Crippen LogP contribution in [0.3, 0.4) is 0 Å². The molecular formula is C17H24FN5O. The van der Waals surface area contributed by atoms with Crippen molar-refractivity contribution < 1.29 is 9.18 Å². The van der Waals surface area contributed by atoms with Crippen LogP contribution in [0.5, 0.6) is 0 Å². The number of unbranched alkanes of at least 4 members (excludes halogenated alkanes) is 3. The molecule has 0 saturated carbocycles. The van der Waals surface area contributed by atoms with E-state index in [9.17, 15) is 9.18 Å². The highest BCUT2D eigenvalue weighted by Crippen LogP contribution is 2.13. The highest BCUT2D eigenvalue weighted by molar-refractivity contribution is 5.75. The summed E-state index contributed by atoms with van der Waals surface area (Å²) in [5.41, 5.74) is 0.660. The molecule has 6 nitrogen and oxygen atoms in total. The molecule has 1 N–H and O–H groups in total. The molecule has 130 valence electrons. The zero-order valence-corrected chi connectivity index (χ0v) is 14.2. The second kappa shape index (κ2) is 9.10. The first-order valence-corrected chi connectivity index (χ1v) is 8.41. The number of amides is 1. The van der Waals surface area contributed by atoms with Gasteiger partial charge in [-0.3, -0.25) is 4.79 Å². The van der Waals surface area contributed by atoms with Gasteiger partial charge < -0.3 is 5.32 Å². The molecule has 1 aromatic carbocycles. The molecule has 0 radical (unpaired) electrons. The van der Waals surface area contributed by atoms with Crippen molar-refractivity contribution in [3.05, 3.63) is 30.1 Å². The zero-order valence-electron chi connectivity index (χ0n) is 14.2. The molecule has 1 amide bonds. The van der Waals surface area contributed by atoms with Gasteiger partial charge in [-0.05, 0) is 42.8 Å². The van der Waals surface area contributed by atoms with Gasteiger partial charge in [0, 0.05) is 11.6 Å². The second-order valence-electron chi connectivity index (χ2n) is 5.97. The monoisotopic (exact) mass is 333 g/mol. The van der Waals surface area contributed by atoms with Crippen molar-refractivity contribution in [3.63, 3.8) is 0 Å². The van der Waals surface area contributed by atoms with Crippen LogP contribution in [0.25, 0.3) is 11.4 Å². The minimum atomic E-state index is -0.321. The molecule has 7 heteroatoms. The van der Waals surface area contributed by atoms with E-state index >= 15 is 0 Å². The topological polar surface area (TPSA) is 72.7 Å². The van der Waals surface area contributed by atoms with Crippen molar-refractivity contribution in [1.82, 2.24) is 25.5 Å². The number of nitrogens with zero attached hydrogens (tertiary/aromatic N) is 4. The van der Waals surface area contributed by atoms with Crippen LogP contribution >= 0.6 is 0 Å². The minimum absolute atomic E-state index is 0.0213. The third-order valence-corrected chi connectivity index (χ3v) is 3.74. The molecule has 0 unspecified atom stereocenters. The summed E-state index contributed by atoms with van der Waals surface area (Å²) in [7, 11) is 0. The lowest BCUT2D eigenvalue weighted by Gasteiger charge is -2.13. The van der Waals surface area contributed by atoms with Crippen molar-refractivity contribution >= 4 is 5.91 Å². The van der Waals surface area contributed by atoms with Crippen molar-refractivity contribution in [2.45, 2.75) is 58.5 Å². The van der Waals surface area contributed by atoms with Crippen LogP contribution in [0.2, 0.25) is 0 Å². The Morgan fingerprint density at radius 3 is 2.71 bits per heavy atom. The average molecular weight is 333 g/mol. The smallest absolute Gasteiger partial charge is 0.243 e. The Bertz CT molecular complexity index is 641. The number of carbonyl (C=O) groups excluding carboxylic acids is 1. The maximum Gasteiger partial charge on any atom is 0.243 e. The van der Waals surface area contributed by atoms with E-state index in [4.69, 9.17) is 0 Å². The van der Waals surface area contributed by atoms with Crippen molar-refractivity contribution in [2.75, 3.05) is 0 Å². The van der Waals surface area contributed by atoms with Crippen molar-refractivity contribution in [2.24, 2.45) is 0 Å². The van der Waals surface area contributed by atoms with Crippen LogP contribution in [0.15, 0.2) is 24.3 Å². The second-order valence-corrected chi connectivity index (χ2v) is 5.97. The zero-order chi connectivity index (χ0) is 17.4. The summed E-state index contributed by atoms with van der Waals surface area (Å²) in [6, 6.07) is 5.96. The van der Waals surface area contributed by atoms with Crippen LogP contribution in [0.1, 0.15) is 46.0 Å². The van der Waals surface area contributed by atoms with Gasteiger partial charge in [0.2, 0.25) is 11.7 Å². The molecule has 0 aliphatic heterocycles. The molecule has 0 aliphatic rings. The summed E-state index contributed by atoms with van der Waals surface area (Å²) < 4.78 is 12.9. The van der Waals surface area contributed by atoms with E-state index in [-0.39, 0.29) is 24.3 Å². The molecule has 0 spiro atoms. The number of carbonyl (C=O) groups is 1. The minimum Gasteiger partial charge on any atom is -0.352 e. The molecule has 2 aromatic rings. The lowest BCUT2D eigenvalue weighted by Crippen LogP contribution is -2.35. The fraction of sp³-hybridized carbons (Fsp3) is 0.529. The Morgan fingerprint density at radius 1 is 1.25 bits per heavy atom. The van der Waals surface area contributed by atoms with Gasteiger partial charge >= 0.3 is 0 Å². The molecular weight excluding hydrogens is 309 g/mol. The van der Waals surface area contributed by atoms with E-state index in [0.717, 1.165) is 12.8 Å². The summed E-state index contributed by atoms with van der Waals surface area (Å²) in [6.45, 7) is 4.20. The number of hydrogen-bond donors (Lipinski definition) is 1. The van der Waals surface area contributed by atoms with Crippen LogP contribution in [-0.2, 0) is 11.3 Å². The molecule has 0 fully saturated rings. The Labute approximate surface area is 141 Å². The highest BCUT2D eigenvalue weighted by Gasteiger charge is 2.11. The van der Waals surface area contributed by atoms with Gasteiger partial charge in [0.15, 0.2) is 0 Å². The van der Waals surface area contributed by atoms with Crippen LogP contribution in [0.4, 0.5) is 4.39 Å². The van der Waals surface area contributed by atoms with E-state index in [1.807, 2.05) is 6.92 Å². The van der Waals surface area contributed by atoms with E-state index in [0.29, 0.717) is 11.4 Å². The van der Waals surface area contributed by atoms with Crippen LogP contribution < -0.4 is 5.32 Å². The Balaban J connectivity index is 1.81. The quantitative estimate of drug-likeness (QED) is 0.716. The number of aromatic nitrogens is 4. The lowest BCUT2D eigenvalue weighted by atomic mass is 10.1. The maximum absolute atomic E-state index is 12.9. The number of halogens is 1. The lowest BCUT2D eigenvalue weighted by molar-refractivity contribution is -0.122. The molecule has 2 rings (SSSR count). The summed E-state index contributed by atoms with van der Waals surface area (Å²) >= 11 is 0. The average Bonchev–Trinajstić information content (AvgIpc) is 3.00. The third kappa shape index (κ3) is 5.72. The van der Waals surface area contributed by atoms with Crippen molar-refractivity contribution in [3.8, 4) is 11.4 Å². The van der Waals surface area contributed by atoms with Crippen molar-refractivity contribution in [1.29, 1.82) is 0 Å². The molecule has 24 heavy (non-hydrogen) atoms. The van der Waals surface area contributed by atoms with E-state index in [1.54, 1.807) is 12.1 Å². The largest absolute Gasteiger partial charge is 0.352 e. The SMILES string of the molecule is CCCCCC[C@@H](C)NC(=O)Cn1nnc(-c2ccc(F)cc2)n1. The molecule has 0 saturated heterocycles. The maximum atomic E-state index is 12.9. The Hall–Kier alpha value is -2.31. The van der Waals surface area contributed by atoms with E-state index in [2.05, 4.69) is 27.7 Å². The van der Waals surface area contributed by atoms with Gasteiger partial charge in [-0.1, -0.05) is 32.6 Å². The molecule has 1 heterocycles. The third-order valence-electron chi connectivity index (χ3n) is 3.74. The molecule has 0 aliphatic carbocycles. The highest BCUT2D eigenvalue weighted by atomic mass is 19.1. The summed E-state index contributed by atoms with van der Waals surface area (Å²) in [5.74, 6) is -0.0881. The number of rotatable bonds is 9.